The van der Waals surface area contributed by atoms with E-state index >= 15 is 0 Å². The van der Waals surface area contributed by atoms with Gasteiger partial charge in [0.2, 0.25) is 5.96 Å². The zero-order valence-corrected chi connectivity index (χ0v) is 33.1. The highest BCUT2D eigenvalue weighted by atomic mass is 15.2. The molecule has 0 amide bonds. The first-order chi connectivity index (χ1) is 29.7. The fourth-order valence-corrected chi connectivity index (χ4v) is 9.81. The molecule has 9 aromatic rings. The number of nitrogens with zero attached hydrogens (tertiary/aromatic N) is 8. The summed E-state index contributed by atoms with van der Waals surface area (Å²) in [6, 6.07) is 43.9. The molecule has 60 heavy (non-hydrogen) atoms. The van der Waals surface area contributed by atoms with Crippen LogP contribution in [0.1, 0.15) is 31.2 Å². The highest BCUT2D eigenvalue weighted by Crippen LogP contribution is 2.52. The maximum atomic E-state index is 7.42. The molecule has 290 valence electrons. The van der Waals surface area contributed by atoms with Crippen molar-refractivity contribution < 1.29 is 0 Å². The summed E-state index contributed by atoms with van der Waals surface area (Å²) in [6.45, 7) is 6.43. The normalized spacial score (nSPS) is 16.6. The average molecular weight is 780 g/mol. The minimum Gasteiger partial charge on any atom is -0.333 e. The first kappa shape index (κ1) is 35.5. The van der Waals surface area contributed by atoms with Crippen molar-refractivity contribution >= 4 is 95.8 Å². The first-order valence-electron chi connectivity index (χ1n) is 20.5. The Kier molecular flexibility index (Phi) is 8.47. The van der Waals surface area contributed by atoms with Gasteiger partial charge in [0.05, 0.1) is 39.1 Å². The van der Waals surface area contributed by atoms with Crippen molar-refractivity contribution in [3.8, 4) is 5.69 Å². The molecule has 1 N–H and O–H groups in total. The van der Waals surface area contributed by atoms with Crippen molar-refractivity contribution in [3.63, 3.8) is 0 Å². The van der Waals surface area contributed by atoms with Gasteiger partial charge in [-0.1, -0.05) is 104 Å². The number of hydrogen-bond acceptors (Lipinski definition) is 4. The second-order valence-corrected chi connectivity index (χ2v) is 15.4. The monoisotopic (exact) mass is 779 g/mol. The summed E-state index contributed by atoms with van der Waals surface area (Å²) in [5.41, 5.74) is 11.2. The fourth-order valence-electron chi connectivity index (χ4n) is 9.81. The number of hydrogen-bond donors (Lipinski definition) is 1. The Morgan fingerprint density at radius 1 is 0.700 bits per heavy atom. The number of fused-ring (bicyclic) bond motifs is 13. The van der Waals surface area contributed by atoms with Crippen molar-refractivity contribution in [1.29, 1.82) is 5.41 Å². The Bertz CT molecular complexity index is 3380. The number of para-hydroxylation sites is 3. The van der Waals surface area contributed by atoms with E-state index < -0.39 is 0 Å². The van der Waals surface area contributed by atoms with Gasteiger partial charge in [0, 0.05) is 61.5 Å². The van der Waals surface area contributed by atoms with Gasteiger partial charge in [-0.2, -0.15) is 5.11 Å². The van der Waals surface area contributed by atoms with E-state index in [1.807, 2.05) is 6.20 Å². The number of unbranched alkanes of at least 4 members (excludes halogenated alkanes) is 1. The van der Waals surface area contributed by atoms with Gasteiger partial charge < -0.3 is 14.0 Å². The summed E-state index contributed by atoms with van der Waals surface area (Å²) in [6.07, 6.45) is 16.0. The lowest BCUT2D eigenvalue weighted by Crippen LogP contribution is -2.28. The van der Waals surface area contributed by atoms with Gasteiger partial charge in [-0.25, -0.2) is 9.98 Å². The predicted octanol–water partition coefficient (Wildman–Crippen LogP) is 13.0. The van der Waals surface area contributed by atoms with Gasteiger partial charge in [0.25, 0.3) is 0 Å². The Labute approximate surface area is 346 Å². The molecule has 0 spiro atoms. The van der Waals surface area contributed by atoms with Crippen LogP contribution in [0, 0.1) is 5.41 Å². The molecule has 1 aliphatic heterocycles. The zero-order chi connectivity index (χ0) is 40.3. The van der Waals surface area contributed by atoms with Crippen molar-refractivity contribution in [1.82, 2.24) is 13.7 Å². The number of azo groups is 1. The van der Waals surface area contributed by atoms with Crippen molar-refractivity contribution in [2.75, 3.05) is 4.90 Å². The molecule has 0 fully saturated rings. The van der Waals surface area contributed by atoms with Crippen molar-refractivity contribution in [3.05, 3.63) is 163 Å². The van der Waals surface area contributed by atoms with Gasteiger partial charge >= 0.3 is 0 Å². The summed E-state index contributed by atoms with van der Waals surface area (Å²) in [7, 11) is 0. The standard InChI is InChI=1S/C51H41N9/c1-3-4-13-27-54-51(53-2)60-44-24-12-8-20-38(44)50-46(60)26-25-45-49(50)37-19-7-11-23-43(37)58(45)33-15-14-16-34(28-33)59-42-22-10-6-18-36(42)40-29-39-35-17-5-9-21-41(35)57(32-56-55-31-52)47(39)30-48(40)59/h5-31,37,43,52H,2-4,32H2,1H3/b27-13-,52-31?,54-51+,56-55+. The van der Waals surface area contributed by atoms with Crippen LogP contribution in [-0.2, 0) is 6.67 Å². The minimum absolute atomic E-state index is 0.0826. The van der Waals surface area contributed by atoms with Crippen LogP contribution in [0.4, 0.5) is 11.4 Å². The molecule has 2 atom stereocenters. The molecule has 11 rings (SSSR count). The molecule has 0 bridgehead atoms. The fraction of sp³-hybridized carbons (Fsp3) is 0.118. The van der Waals surface area contributed by atoms with E-state index in [0.717, 1.165) is 63.7 Å². The third kappa shape index (κ3) is 5.28. The molecule has 9 nitrogen and oxygen atoms in total. The average Bonchev–Trinajstić information content (AvgIpc) is 4.01. The van der Waals surface area contributed by atoms with E-state index in [9.17, 15) is 0 Å². The van der Waals surface area contributed by atoms with E-state index in [1.165, 1.54) is 43.6 Å². The first-order valence-corrected chi connectivity index (χ1v) is 20.5. The molecule has 2 aliphatic rings. The number of rotatable bonds is 8. The van der Waals surface area contributed by atoms with Crippen LogP contribution in [0.25, 0.3) is 71.1 Å². The number of nitrogens with one attached hydrogen (secondary N) is 1. The lowest BCUT2D eigenvalue weighted by Gasteiger charge is -2.29. The molecule has 0 saturated heterocycles. The van der Waals surface area contributed by atoms with Crippen LogP contribution in [0.2, 0.25) is 0 Å². The SMILES string of the molecule is C=N/C(=N\C=C/CCC)n1c2ccccc2c2c3c(ccc21)N(c1cccc(-n2c4ccccc4c4cc5c6ccccc6n(C/N=N/C=N)c5cc42)c1)C1C=CC=CC31. The van der Waals surface area contributed by atoms with E-state index in [-0.39, 0.29) is 12.0 Å². The Hall–Kier alpha value is -7.65. The maximum Gasteiger partial charge on any atom is 0.233 e. The van der Waals surface area contributed by atoms with E-state index in [0.29, 0.717) is 12.6 Å². The minimum atomic E-state index is 0.0826. The Morgan fingerprint density at radius 2 is 1.43 bits per heavy atom. The maximum absolute atomic E-state index is 7.42. The van der Waals surface area contributed by atoms with Crippen LogP contribution in [0.3, 0.4) is 0 Å². The number of aromatic nitrogens is 3. The summed E-state index contributed by atoms with van der Waals surface area (Å²) < 4.78 is 6.75. The third-order valence-corrected chi connectivity index (χ3v) is 12.2. The zero-order valence-electron chi connectivity index (χ0n) is 33.1. The molecule has 2 unspecified atom stereocenters. The van der Waals surface area contributed by atoms with Crippen LogP contribution < -0.4 is 4.90 Å². The van der Waals surface area contributed by atoms with Gasteiger partial charge in [-0.05, 0) is 79.4 Å². The molecule has 4 heterocycles. The lowest BCUT2D eigenvalue weighted by molar-refractivity contribution is 0.747. The molecular weight excluding hydrogens is 739 g/mol. The topological polar surface area (TPSA) is 91.3 Å². The van der Waals surface area contributed by atoms with Crippen LogP contribution in [-0.4, -0.2) is 38.8 Å². The molecule has 3 aromatic heterocycles. The van der Waals surface area contributed by atoms with Gasteiger partial charge in [-0.15, -0.1) is 5.11 Å². The molecule has 0 radical (unpaired) electrons. The number of anilines is 2. The Balaban J connectivity index is 1.11. The van der Waals surface area contributed by atoms with Gasteiger partial charge in [-0.3, -0.25) is 9.98 Å². The van der Waals surface area contributed by atoms with E-state index in [2.05, 4.69) is 199 Å². The predicted molar refractivity (Wildman–Crippen MR) is 250 cm³/mol. The number of allylic oxidation sites excluding steroid dienone is 3. The quantitative estimate of drug-likeness (QED) is 0.0928. The third-order valence-electron chi connectivity index (χ3n) is 12.2. The number of benzene rings is 6. The van der Waals surface area contributed by atoms with Gasteiger partial charge in [0.15, 0.2) is 0 Å². The second-order valence-electron chi connectivity index (χ2n) is 15.4. The van der Waals surface area contributed by atoms with Gasteiger partial charge in [0.1, 0.15) is 13.0 Å². The van der Waals surface area contributed by atoms with Crippen LogP contribution >= 0.6 is 0 Å². The summed E-state index contributed by atoms with van der Waals surface area (Å²) >= 11 is 0. The molecule has 9 heteroatoms. The second kappa shape index (κ2) is 14.3. The molecule has 0 saturated carbocycles. The summed E-state index contributed by atoms with van der Waals surface area (Å²) in [5, 5.41) is 22.7. The van der Waals surface area contributed by atoms with Crippen LogP contribution in [0.5, 0.6) is 0 Å². The largest absolute Gasteiger partial charge is 0.333 e. The smallest absolute Gasteiger partial charge is 0.233 e. The molecule has 6 aromatic carbocycles. The lowest BCUT2D eigenvalue weighted by atomic mass is 9.88. The van der Waals surface area contributed by atoms with E-state index in [4.69, 9.17) is 10.4 Å². The van der Waals surface area contributed by atoms with E-state index in [1.54, 1.807) is 0 Å². The highest BCUT2D eigenvalue weighted by Gasteiger charge is 2.40. The molecular formula is C51H41N9. The summed E-state index contributed by atoms with van der Waals surface area (Å²) in [4.78, 5) is 11.8. The Morgan fingerprint density at radius 3 is 2.25 bits per heavy atom. The number of aliphatic imine (C=N–C) groups is 2. The van der Waals surface area contributed by atoms with Crippen LogP contribution in [0.15, 0.2) is 178 Å². The van der Waals surface area contributed by atoms with Crippen molar-refractivity contribution in [2.45, 2.75) is 38.4 Å². The molecule has 1 aliphatic carbocycles. The highest BCUT2D eigenvalue weighted by molar-refractivity contribution is 6.19. The van der Waals surface area contributed by atoms with Crippen molar-refractivity contribution in [2.24, 2.45) is 20.2 Å². The summed E-state index contributed by atoms with van der Waals surface area (Å²) in [5.74, 6) is 0.692.